The predicted octanol–water partition coefficient (Wildman–Crippen LogP) is 2.44. The number of likely N-dealkylation sites (N-methyl/N-ethyl adjacent to an activating group) is 2. The Labute approximate surface area is 118 Å². The van der Waals surface area contributed by atoms with Crippen LogP contribution in [0.5, 0.6) is 0 Å². The van der Waals surface area contributed by atoms with Gasteiger partial charge in [-0.1, -0.05) is 6.07 Å². The molecule has 0 heterocycles. The molecule has 1 fully saturated rings. The molecule has 0 atom stereocenters. The maximum atomic E-state index is 14.0. The minimum Gasteiger partial charge on any atom is -0.478 e. The zero-order chi connectivity index (χ0) is 14.9. The minimum absolute atomic E-state index is 0.0146. The summed E-state index contributed by atoms with van der Waals surface area (Å²) in [7, 11) is 5.80. The summed E-state index contributed by atoms with van der Waals surface area (Å²) in [5.74, 6) is -1.58. The molecule has 0 bridgehead atoms. The molecule has 0 aliphatic heterocycles. The number of anilines is 1. The van der Waals surface area contributed by atoms with Gasteiger partial charge in [-0.05, 0) is 45.5 Å². The van der Waals surface area contributed by atoms with Gasteiger partial charge in [-0.2, -0.15) is 0 Å². The number of carbonyl (C=O) groups is 1. The van der Waals surface area contributed by atoms with Crippen molar-refractivity contribution in [2.75, 3.05) is 32.6 Å². The van der Waals surface area contributed by atoms with Crippen molar-refractivity contribution in [3.8, 4) is 0 Å². The van der Waals surface area contributed by atoms with Gasteiger partial charge in [0.05, 0.1) is 11.3 Å². The molecule has 1 aliphatic rings. The molecule has 2 rings (SSSR count). The van der Waals surface area contributed by atoms with Crippen LogP contribution in [0.2, 0.25) is 0 Å². The molecule has 110 valence electrons. The van der Waals surface area contributed by atoms with Gasteiger partial charge in [0.15, 0.2) is 0 Å². The van der Waals surface area contributed by atoms with Crippen molar-refractivity contribution in [3.63, 3.8) is 0 Å². The van der Waals surface area contributed by atoms with Crippen molar-refractivity contribution in [1.29, 1.82) is 0 Å². The first-order chi connectivity index (χ1) is 9.37. The molecule has 0 amide bonds. The van der Waals surface area contributed by atoms with Crippen molar-refractivity contribution in [2.45, 2.75) is 24.8 Å². The molecular formula is C15H21FN2O2. The van der Waals surface area contributed by atoms with E-state index < -0.39 is 11.8 Å². The summed E-state index contributed by atoms with van der Waals surface area (Å²) >= 11 is 0. The Morgan fingerprint density at radius 2 is 2.00 bits per heavy atom. The summed E-state index contributed by atoms with van der Waals surface area (Å²) in [6.45, 7) is 0.626. The van der Waals surface area contributed by atoms with Crippen molar-refractivity contribution in [1.82, 2.24) is 4.90 Å². The fourth-order valence-electron chi connectivity index (χ4n) is 2.93. The van der Waals surface area contributed by atoms with Gasteiger partial charge < -0.3 is 14.9 Å². The first-order valence-corrected chi connectivity index (χ1v) is 6.78. The van der Waals surface area contributed by atoms with E-state index in [-0.39, 0.29) is 16.8 Å². The van der Waals surface area contributed by atoms with E-state index in [0.29, 0.717) is 6.54 Å². The van der Waals surface area contributed by atoms with Crippen molar-refractivity contribution in [2.24, 2.45) is 0 Å². The van der Waals surface area contributed by atoms with Gasteiger partial charge in [-0.3, -0.25) is 0 Å². The van der Waals surface area contributed by atoms with Gasteiger partial charge in [-0.15, -0.1) is 0 Å². The molecule has 0 unspecified atom stereocenters. The smallest absolute Gasteiger partial charge is 0.337 e. The molecular weight excluding hydrogens is 259 g/mol. The van der Waals surface area contributed by atoms with Crippen LogP contribution in [0.25, 0.3) is 0 Å². The number of carboxylic acids is 1. The van der Waals surface area contributed by atoms with E-state index in [0.717, 1.165) is 19.3 Å². The van der Waals surface area contributed by atoms with Crippen LogP contribution < -0.4 is 4.90 Å². The monoisotopic (exact) mass is 280 g/mol. The van der Waals surface area contributed by atoms with Crippen LogP contribution in [0.4, 0.5) is 10.1 Å². The standard InChI is InChI=1S/C15H21FN2O2/c1-17(2)15(8-5-9-15)10-18(3)13-11(14(19)20)6-4-7-12(13)16/h4,6-7H,5,8-10H2,1-3H3,(H,19,20). The van der Waals surface area contributed by atoms with Gasteiger partial charge in [0, 0.05) is 19.1 Å². The molecule has 20 heavy (non-hydrogen) atoms. The van der Waals surface area contributed by atoms with Gasteiger partial charge in [0.25, 0.3) is 0 Å². The number of nitrogens with zero attached hydrogens (tertiary/aromatic N) is 2. The van der Waals surface area contributed by atoms with Gasteiger partial charge >= 0.3 is 5.97 Å². The fourth-order valence-corrected chi connectivity index (χ4v) is 2.93. The molecule has 5 heteroatoms. The van der Waals surface area contributed by atoms with Gasteiger partial charge in [-0.25, -0.2) is 9.18 Å². The van der Waals surface area contributed by atoms with Crippen LogP contribution in [0, 0.1) is 5.82 Å². The molecule has 1 N–H and O–H groups in total. The van der Waals surface area contributed by atoms with E-state index in [9.17, 15) is 14.3 Å². The Kier molecular flexibility index (Phi) is 3.99. The lowest BCUT2D eigenvalue weighted by Crippen LogP contribution is -2.57. The first kappa shape index (κ1) is 14.8. The number of benzene rings is 1. The summed E-state index contributed by atoms with van der Waals surface area (Å²) in [5, 5.41) is 9.21. The van der Waals surface area contributed by atoms with E-state index in [2.05, 4.69) is 4.90 Å². The van der Waals surface area contributed by atoms with Crippen LogP contribution in [0.3, 0.4) is 0 Å². The van der Waals surface area contributed by atoms with E-state index >= 15 is 0 Å². The summed E-state index contributed by atoms with van der Waals surface area (Å²) in [6, 6.07) is 4.18. The lowest BCUT2D eigenvalue weighted by molar-refractivity contribution is 0.0669. The topological polar surface area (TPSA) is 43.8 Å². The lowest BCUT2D eigenvalue weighted by Gasteiger charge is -2.49. The maximum Gasteiger partial charge on any atom is 0.337 e. The van der Waals surface area contributed by atoms with Gasteiger partial charge in [0.2, 0.25) is 0 Å². The van der Waals surface area contributed by atoms with Crippen LogP contribution in [-0.4, -0.2) is 49.2 Å². The SMILES string of the molecule is CN(CC1(N(C)C)CCC1)c1c(F)cccc1C(=O)O. The van der Waals surface area contributed by atoms with Crippen LogP contribution in [0.15, 0.2) is 18.2 Å². The normalized spacial score (nSPS) is 16.9. The Hall–Kier alpha value is -1.62. The third-order valence-corrected chi connectivity index (χ3v) is 4.36. The molecule has 1 aromatic rings. The number of hydrogen-bond donors (Lipinski definition) is 1. The summed E-state index contributed by atoms with van der Waals surface area (Å²) in [6.07, 6.45) is 3.28. The average molecular weight is 280 g/mol. The highest BCUT2D eigenvalue weighted by molar-refractivity contribution is 5.94. The lowest BCUT2D eigenvalue weighted by atomic mass is 9.75. The number of aromatic carboxylic acids is 1. The average Bonchev–Trinajstić information content (AvgIpc) is 2.32. The maximum absolute atomic E-state index is 14.0. The molecule has 4 nitrogen and oxygen atoms in total. The molecule has 1 aliphatic carbocycles. The second-order valence-electron chi connectivity index (χ2n) is 5.77. The van der Waals surface area contributed by atoms with E-state index in [4.69, 9.17) is 0 Å². The number of halogens is 1. The summed E-state index contributed by atoms with van der Waals surface area (Å²) in [5.41, 5.74) is 0.209. The van der Waals surface area contributed by atoms with E-state index in [1.165, 1.54) is 18.2 Å². The zero-order valence-corrected chi connectivity index (χ0v) is 12.2. The Balaban J connectivity index is 2.30. The fraction of sp³-hybridized carbons (Fsp3) is 0.533. The van der Waals surface area contributed by atoms with Crippen molar-refractivity contribution < 1.29 is 14.3 Å². The highest BCUT2D eigenvalue weighted by atomic mass is 19.1. The second-order valence-corrected chi connectivity index (χ2v) is 5.77. The molecule has 0 aromatic heterocycles. The highest BCUT2D eigenvalue weighted by Crippen LogP contribution is 2.38. The predicted molar refractivity (Wildman–Crippen MR) is 76.9 cm³/mol. The summed E-state index contributed by atoms with van der Waals surface area (Å²) in [4.78, 5) is 15.2. The number of para-hydroxylation sites is 1. The molecule has 1 aromatic carbocycles. The van der Waals surface area contributed by atoms with Crippen molar-refractivity contribution >= 4 is 11.7 Å². The Morgan fingerprint density at radius 1 is 1.35 bits per heavy atom. The molecule has 1 saturated carbocycles. The second kappa shape index (κ2) is 5.40. The molecule has 0 spiro atoms. The Bertz CT molecular complexity index is 513. The van der Waals surface area contributed by atoms with E-state index in [1.54, 1.807) is 11.9 Å². The number of rotatable bonds is 5. The van der Waals surface area contributed by atoms with Crippen LogP contribution >= 0.6 is 0 Å². The van der Waals surface area contributed by atoms with Crippen LogP contribution in [-0.2, 0) is 0 Å². The summed E-state index contributed by atoms with van der Waals surface area (Å²) < 4.78 is 14.0. The minimum atomic E-state index is -1.10. The van der Waals surface area contributed by atoms with Gasteiger partial charge in [0.1, 0.15) is 5.82 Å². The Morgan fingerprint density at radius 3 is 2.45 bits per heavy atom. The van der Waals surface area contributed by atoms with E-state index in [1.807, 2.05) is 14.1 Å². The van der Waals surface area contributed by atoms with Crippen molar-refractivity contribution in [3.05, 3.63) is 29.6 Å². The largest absolute Gasteiger partial charge is 0.478 e. The van der Waals surface area contributed by atoms with Crippen LogP contribution in [0.1, 0.15) is 29.6 Å². The third-order valence-electron chi connectivity index (χ3n) is 4.36. The first-order valence-electron chi connectivity index (χ1n) is 6.78. The highest BCUT2D eigenvalue weighted by Gasteiger charge is 2.40. The molecule has 0 saturated heterocycles. The number of hydrogen-bond acceptors (Lipinski definition) is 3. The number of carboxylic acid groups (broad SMARTS) is 1. The third kappa shape index (κ3) is 2.50. The molecule has 0 radical (unpaired) electrons. The quantitative estimate of drug-likeness (QED) is 0.899. The zero-order valence-electron chi connectivity index (χ0n) is 12.2.